The van der Waals surface area contributed by atoms with Crippen LogP contribution in [0.5, 0.6) is 0 Å². The van der Waals surface area contributed by atoms with Crippen LogP contribution in [0.4, 0.5) is 11.4 Å². The summed E-state index contributed by atoms with van der Waals surface area (Å²) >= 11 is 0. The number of carbonyl (C=O) groups is 3. The maximum Gasteiger partial charge on any atom is 0.308 e. The number of hydrogen-bond donors (Lipinski definition) is 1. The Kier molecular flexibility index (Phi) is 5.67. The van der Waals surface area contributed by atoms with E-state index >= 15 is 0 Å². The number of rotatable bonds is 4. The van der Waals surface area contributed by atoms with Crippen molar-refractivity contribution in [3.63, 3.8) is 0 Å². The minimum Gasteiger partial charge on any atom is -0.481 e. The molecule has 31 heavy (non-hydrogen) atoms. The molecule has 1 unspecified atom stereocenters. The number of anilines is 2. The average Bonchev–Trinajstić information content (AvgIpc) is 3.15. The van der Waals surface area contributed by atoms with Crippen molar-refractivity contribution in [2.45, 2.75) is 20.3 Å². The predicted molar refractivity (Wildman–Crippen MR) is 119 cm³/mol. The fourth-order valence-electron chi connectivity index (χ4n) is 4.39. The maximum atomic E-state index is 12.9. The van der Waals surface area contributed by atoms with Crippen LogP contribution in [-0.2, 0) is 9.59 Å². The van der Waals surface area contributed by atoms with E-state index in [-0.39, 0.29) is 24.8 Å². The Morgan fingerprint density at radius 3 is 2.06 bits per heavy atom. The largest absolute Gasteiger partial charge is 0.481 e. The summed E-state index contributed by atoms with van der Waals surface area (Å²) in [4.78, 5) is 41.9. The van der Waals surface area contributed by atoms with E-state index in [0.29, 0.717) is 24.3 Å². The molecule has 0 aliphatic carbocycles. The summed E-state index contributed by atoms with van der Waals surface area (Å²) in [6.07, 6.45) is 0.0146. The van der Waals surface area contributed by atoms with E-state index < -0.39 is 11.9 Å². The van der Waals surface area contributed by atoms with Gasteiger partial charge < -0.3 is 19.8 Å². The maximum absolute atomic E-state index is 12.9. The third-order valence-electron chi connectivity index (χ3n) is 6.04. The number of nitrogens with zero attached hydrogens (tertiary/aromatic N) is 3. The van der Waals surface area contributed by atoms with Crippen molar-refractivity contribution in [3.05, 3.63) is 59.2 Å². The van der Waals surface area contributed by atoms with Crippen LogP contribution < -0.4 is 9.80 Å². The number of carboxylic acid groups (broad SMARTS) is 1. The Labute approximate surface area is 181 Å². The first-order valence-corrected chi connectivity index (χ1v) is 10.6. The first-order valence-electron chi connectivity index (χ1n) is 10.6. The molecule has 7 heteroatoms. The highest BCUT2D eigenvalue weighted by Gasteiger charge is 2.35. The molecule has 0 saturated carbocycles. The molecule has 1 atom stereocenters. The lowest BCUT2D eigenvalue weighted by atomic mass is 10.1. The molecule has 0 aromatic heterocycles. The van der Waals surface area contributed by atoms with Gasteiger partial charge in [-0.05, 0) is 61.4 Å². The molecule has 2 aliphatic rings. The van der Waals surface area contributed by atoms with Crippen LogP contribution >= 0.6 is 0 Å². The monoisotopic (exact) mass is 421 g/mol. The van der Waals surface area contributed by atoms with Gasteiger partial charge in [-0.25, -0.2) is 0 Å². The minimum absolute atomic E-state index is 0.0146. The summed E-state index contributed by atoms with van der Waals surface area (Å²) in [5.74, 6) is -1.86. The van der Waals surface area contributed by atoms with E-state index in [2.05, 4.69) is 36.9 Å². The Bertz CT molecular complexity index is 990. The second-order valence-corrected chi connectivity index (χ2v) is 8.42. The first-order chi connectivity index (χ1) is 14.8. The summed E-state index contributed by atoms with van der Waals surface area (Å²) in [6, 6.07) is 13.4. The van der Waals surface area contributed by atoms with E-state index in [4.69, 9.17) is 5.11 Å². The van der Waals surface area contributed by atoms with Crippen LogP contribution in [0.15, 0.2) is 42.5 Å². The highest BCUT2D eigenvalue weighted by Crippen LogP contribution is 2.26. The molecule has 7 nitrogen and oxygen atoms in total. The molecule has 0 spiro atoms. The Morgan fingerprint density at radius 1 is 0.903 bits per heavy atom. The molecule has 2 heterocycles. The smallest absolute Gasteiger partial charge is 0.308 e. The zero-order chi connectivity index (χ0) is 22.1. The van der Waals surface area contributed by atoms with E-state index in [0.717, 1.165) is 13.1 Å². The highest BCUT2D eigenvalue weighted by molar-refractivity contribution is 6.00. The van der Waals surface area contributed by atoms with Crippen molar-refractivity contribution in [1.29, 1.82) is 0 Å². The highest BCUT2D eigenvalue weighted by atomic mass is 16.4. The third kappa shape index (κ3) is 4.40. The van der Waals surface area contributed by atoms with Crippen LogP contribution in [0.2, 0.25) is 0 Å². The van der Waals surface area contributed by atoms with Gasteiger partial charge in [0.2, 0.25) is 5.91 Å². The number of amides is 2. The normalized spacial score (nSPS) is 19.1. The molecular formula is C24H27N3O4. The molecule has 2 amide bonds. The lowest BCUT2D eigenvalue weighted by Gasteiger charge is -2.36. The molecule has 162 valence electrons. The summed E-state index contributed by atoms with van der Waals surface area (Å²) < 4.78 is 0. The lowest BCUT2D eigenvalue weighted by molar-refractivity contribution is -0.141. The van der Waals surface area contributed by atoms with E-state index in [1.54, 1.807) is 24.3 Å². The summed E-state index contributed by atoms with van der Waals surface area (Å²) in [6.45, 7) is 7.23. The molecule has 2 aromatic rings. The van der Waals surface area contributed by atoms with E-state index in [1.807, 2.05) is 4.90 Å². The molecule has 2 aliphatic heterocycles. The van der Waals surface area contributed by atoms with Crippen LogP contribution in [0.3, 0.4) is 0 Å². The topological polar surface area (TPSA) is 81.2 Å². The summed E-state index contributed by atoms with van der Waals surface area (Å²) in [7, 11) is 0. The molecule has 2 aromatic carbocycles. The fraction of sp³-hybridized carbons (Fsp3) is 0.375. The first kappa shape index (κ1) is 20.9. The number of aliphatic carboxylic acids is 1. The number of carboxylic acids is 1. The van der Waals surface area contributed by atoms with Crippen LogP contribution in [0.1, 0.15) is 27.9 Å². The molecule has 1 N–H and O–H groups in total. The fourth-order valence-corrected chi connectivity index (χ4v) is 4.39. The molecule has 4 rings (SSSR count). The van der Waals surface area contributed by atoms with Crippen LogP contribution in [0.25, 0.3) is 0 Å². The Balaban J connectivity index is 1.38. The second-order valence-electron chi connectivity index (χ2n) is 8.42. The SMILES string of the molecule is Cc1cc(C)cc(N2CCN(C(=O)c3ccc(N4CC(C(=O)O)CC4=O)cc3)CC2)c1. The van der Waals surface area contributed by atoms with Gasteiger partial charge in [0.1, 0.15) is 0 Å². The van der Waals surface area contributed by atoms with Crippen molar-refractivity contribution < 1.29 is 19.5 Å². The summed E-state index contributed by atoms with van der Waals surface area (Å²) in [5, 5.41) is 9.14. The minimum atomic E-state index is -0.956. The van der Waals surface area contributed by atoms with Gasteiger partial charge in [0.15, 0.2) is 0 Å². The van der Waals surface area contributed by atoms with Gasteiger partial charge >= 0.3 is 5.97 Å². The van der Waals surface area contributed by atoms with Gasteiger partial charge in [-0.1, -0.05) is 6.07 Å². The van der Waals surface area contributed by atoms with Crippen LogP contribution in [-0.4, -0.2) is 60.5 Å². The van der Waals surface area contributed by atoms with Crippen molar-refractivity contribution in [1.82, 2.24) is 4.90 Å². The number of piperazine rings is 1. The zero-order valence-electron chi connectivity index (χ0n) is 17.9. The Hall–Kier alpha value is -3.35. The molecule has 0 bridgehead atoms. The average molecular weight is 421 g/mol. The number of aryl methyl sites for hydroxylation is 2. The summed E-state index contributed by atoms with van der Waals surface area (Å²) in [5.41, 5.74) is 4.87. The van der Waals surface area contributed by atoms with E-state index in [9.17, 15) is 14.4 Å². The van der Waals surface area contributed by atoms with Gasteiger partial charge in [-0.2, -0.15) is 0 Å². The van der Waals surface area contributed by atoms with Crippen molar-refractivity contribution in [2.24, 2.45) is 5.92 Å². The molecule has 2 fully saturated rings. The van der Waals surface area contributed by atoms with E-state index in [1.165, 1.54) is 21.7 Å². The number of hydrogen-bond acceptors (Lipinski definition) is 4. The van der Waals surface area contributed by atoms with Gasteiger partial charge in [-0.3, -0.25) is 14.4 Å². The van der Waals surface area contributed by atoms with Gasteiger partial charge in [-0.15, -0.1) is 0 Å². The standard InChI is InChI=1S/C24H27N3O4/c1-16-11-17(2)13-21(12-16)25-7-9-26(10-8-25)23(29)18-3-5-20(6-4-18)27-15-19(24(30)31)14-22(27)28/h3-6,11-13,19H,7-10,14-15H2,1-2H3,(H,30,31). The van der Waals surface area contributed by atoms with Gasteiger partial charge in [0, 0.05) is 56.1 Å². The second kappa shape index (κ2) is 8.41. The van der Waals surface area contributed by atoms with Gasteiger partial charge in [0.05, 0.1) is 5.92 Å². The van der Waals surface area contributed by atoms with Gasteiger partial charge in [0.25, 0.3) is 5.91 Å². The van der Waals surface area contributed by atoms with Crippen molar-refractivity contribution >= 4 is 29.2 Å². The molecule has 2 saturated heterocycles. The lowest BCUT2D eigenvalue weighted by Crippen LogP contribution is -2.48. The van der Waals surface area contributed by atoms with Crippen molar-refractivity contribution in [2.75, 3.05) is 42.5 Å². The molecule has 0 radical (unpaired) electrons. The predicted octanol–water partition coefficient (Wildman–Crippen LogP) is 2.70. The number of carbonyl (C=O) groups excluding carboxylic acids is 2. The quantitative estimate of drug-likeness (QED) is 0.821. The third-order valence-corrected chi connectivity index (χ3v) is 6.04. The zero-order valence-corrected chi connectivity index (χ0v) is 17.9. The number of benzene rings is 2. The Morgan fingerprint density at radius 2 is 1.52 bits per heavy atom. The van der Waals surface area contributed by atoms with Crippen molar-refractivity contribution in [3.8, 4) is 0 Å². The van der Waals surface area contributed by atoms with Crippen LogP contribution in [0, 0.1) is 19.8 Å². The molecular weight excluding hydrogens is 394 g/mol.